The van der Waals surface area contributed by atoms with Gasteiger partial charge in [-0.3, -0.25) is 9.36 Å². The number of halogens is 1. The first kappa shape index (κ1) is 33.6. The highest BCUT2D eigenvalue weighted by Crippen LogP contribution is 2.40. The predicted octanol–water partition coefficient (Wildman–Crippen LogP) is 7.31. The second-order valence-corrected chi connectivity index (χ2v) is 13.8. The molecule has 0 aliphatic carbocycles. The lowest BCUT2D eigenvalue weighted by Gasteiger charge is -2.27. The van der Waals surface area contributed by atoms with E-state index in [1.165, 1.54) is 11.3 Å². The van der Waals surface area contributed by atoms with Crippen molar-refractivity contribution in [3.05, 3.63) is 142 Å². The van der Waals surface area contributed by atoms with Crippen molar-refractivity contribution < 1.29 is 23.7 Å². The van der Waals surface area contributed by atoms with Crippen molar-refractivity contribution in [3.63, 3.8) is 0 Å². The molecule has 0 radical (unpaired) electrons. The van der Waals surface area contributed by atoms with Crippen LogP contribution in [0.2, 0.25) is 0 Å². The summed E-state index contributed by atoms with van der Waals surface area (Å²) in [6.45, 7) is 4.08. The van der Waals surface area contributed by atoms with Crippen LogP contribution < -0.4 is 29.1 Å². The number of fused-ring (bicyclic) bond motifs is 3. The summed E-state index contributed by atoms with van der Waals surface area (Å²) in [6, 6.07) is 29.1. The number of hydrogen-bond donors (Lipinski definition) is 0. The van der Waals surface area contributed by atoms with Crippen molar-refractivity contribution >= 4 is 67.5 Å². The van der Waals surface area contributed by atoms with Gasteiger partial charge in [-0.1, -0.05) is 84.1 Å². The highest BCUT2D eigenvalue weighted by atomic mass is 127. The monoisotopic (exact) mass is 796 g/mol. The molecule has 0 fully saturated rings. The van der Waals surface area contributed by atoms with Crippen LogP contribution in [0.4, 0.5) is 0 Å². The number of carbonyl (C=O) groups is 1. The fourth-order valence-corrected chi connectivity index (χ4v) is 8.31. The van der Waals surface area contributed by atoms with Gasteiger partial charge in [0, 0.05) is 5.56 Å². The molecule has 6 aromatic rings. The van der Waals surface area contributed by atoms with Crippen LogP contribution >= 0.6 is 33.9 Å². The molecule has 1 aliphatic heterocycles. The molecule has 5 aromatic carbocycles. The Bertz CT molecular complexity index is 2510. The number of aromatic nitrogens is 1. The van der Waals surface area contributed by atoms with Gasteiger partial charge in [-0.05, 0) is 93.4 Å². The molecule has 1 aliphatic rings. The van der Waals surface area contributed by atoms with Crippen molar-refractivity contribution in [2.24, 2.45) is 4.99 Å². The third-order valence-corrected chi connectivity index (χ3v) is 10.5. The Balaban J connectivity index is 1.34. The van der Waals surface area contributed by atoms with E-state index in [1.807, 2.05) is 72.8 Å². The standard InChI is InChI=1S/C40H33IN2O6S/c1-5-48-39(45)34-23(2)42-40-43(36(34)35-29-16-9-7-12-26(29)17-18-31(35)46-3)38(44)33(50-40)21-24-19-30(41)37(32(20-24)47-4)49-22-27-14-10-13-25-11-6-8-15-28(25)27/h6-21,36H,5,22H2,1-4H3/b33-21+/t36-/m0/s1. The van der Waals surface area contributed by atoms with Gasteiger partial charge in [-0.2, -0.15) is 0 Å². The Labute approximate surface area is 306 Å². The van der Waals surface area contributed by atoms with Gasteiger partial charge >= 0.3 is 5.97 Å². The smallest absolute Gasteiger partial charge is 0.338 e. The Morgan fingerprint density at radius 3 is 2.36 bits per heavy atom. The zero-order valence-electron chi connectivity index (χ0n) is 27.9. The molecule has 0 spiro atoms. The molecule has 0 saturated heterocycles. The van der Waals surface area contributed by atoms with Crippen molar-refractivity contribution in [2.45, 2.75) is 26.5 Å². The largest absolute Gasteiger partial charge is 0.496 e. The molecule has 8 nitrogen and oxygen atoms in total. The van der Waals surface area contributed by atoms with E-state index in [2.05, 4.69) is 46.9 Å². The van der Waals surface area contributed by atoms with Crippen LogP contribution in [0.25, 0.3) is 27.6 Å². The fraction of sp³-hybridized carbons (Fsp3) is 0.175. The minimum atomic E-state index is -0.826. The van der Waals surface area contributed by atoms with E-state index in [4.69, 9.17) is 23.9 Å². The van der Waals surface area contributed by atoms with Gasteiger partial charge in [0.1, 0.15) is 18.4 Å². The van der Waals surface area contributed by atoms with Gasteiger partial charge in [0.25, 0.3) is 5.56 Å². The van der Waals surface area contributed by atoms with Gasteiger partial charge in [-0.25, -0.2) is 9.79 Å². The summed E-state index contributed by atoms with van der Waals surface area (Å²) >= 11 is 3.50. The predicted molar refractivity (Wildman–Crippen MR) is 205 cm³/mol. The van der Waals surface area contributed by atoms with Crippen LogP contribution in [0.5, 0.6) is 17.2 Å². The topological polar surface area (TPSA) is 88.4 Å². The maximum atomic E-state index is 14.5. The Kier molecular flexibility index (Phi) is 9.48. The van der Waals surface area contributed by atoms with Crippen LogP contribution in [0.15, 0.2) is 112 Å². The van der Waals surface area contributed by atoms with Crippen LogP contribution in [0.1, 0.15) is 36.6 Å². The van der Waals surface area contributed by atoms with Gasteiger partial charge in [0.15, 0.2) is 16.3 Å². The SMILES string of the molecule is CCOC(=O)C1=C(C)N=c2s/c(=C/c3cc(I)c(OCc4cccc5ccccc45)c(OC)c3)c(=O)n2[C@@H]1c1c(OC)ccc2ccccc12. The lowest BCUT2D eigenvalue weighted by Crippen LogP contribution is -2.40. The lowest BCUT2D eigenvalue weighted by atomic mass is 9.90. The molecule has 50 heavy (non-hydrogen) atoms. The zero-order chi connectivity index (χ0) is 34.9. The first-order valence-corrected chi connectivity index (χ1v) is 17.9. The summed E-state index contributed by atoms with van der Waals surface area (Å²) in [5.41, 5.74) is 3.02. The summed E-state index contributed by atoms with van der Waals surface area (Å²) in [6.07, 6.45) is 1.82. The number of ether oxygens (including phenoxy) is 4. The summed E-state index contributed by atoms with van der Waals surface area (Å²) in [5, 5.41) is 4.10. The Morgan fingerprint density at radius 2 is 1.62 bits per heavy atom. The van der Waals surface area contributed by atoms with E-state index >= 15 is 0 Å². The lowest BCUT2D eigenvalue weighted by molar-refractivity contribution is -0.139. The summed E-state index contributed by atoms with van der Waals surface area (Å²) in [4.78, 5) is 33.3. The minimum Gasteiger partial charge on any atom is -0.496 e. The van der Waals surface area contributed by atoms with Crippen molar-refractivity contribution in [3.8, 4) is 17.2 Å². The van der Waals surface area contributed by atoms with E-state index in [0.29, 0.717) is 50.0 Å². The minimum absolute atomic E-state index is 0.182. The number of hydrogen-bond acceptors (Lipinski definition) is 8. The molecule has 1 atom stereocenters. The van der Waals surface area contributed by atoms with Gasteiger partial charge in [0.2, 0.25) is 0 Å². The normalized spacial score (nSPS) is 14.4. The number of carbonyl (C=O) groups excluding carboxylic acids is 1. The molecule has 10 heteroatoms. The van der Waals surface area contributed by atoms with E-state index in [0.717, 1.165) is 36.2 Å². The summed E-state index contributed by atoms with van der Waals surface area (Å²) in [7, 11) is 3.19. The second-order valence-electron chi connectivity index (χ2n) is 11.7. The van der Waals surface area contributed by atoms with E-state index < -0.39 is 12.0 Å². The van der Waals surface area contributed by atoms with Crippen LogP contribution in [0, 0.1) is 3.57 Å². The van der Waals surface area contributed by atoms with E-state index in [9.17, 15) is 9.59 Å². The van der Waals surface area contributed by atoms with Gasteiger partial charge < -0.3 is 18.9 Å². The zero-order valence-corrected chi connectivity index (χ0v) is 30.8. The summed E-state index contributed by atoms with van der Waals surface area (Å²) in [5.74, 6) is 1.20. The van der Waals surface area contributed by atoms with Crippen LogP contribution in [-0.2, 0) is 16.1 Å². The van der Waals surface area contributed by atoms with Crippen molar-refractivity contribution in [1.29, 1.82) is 0 Å². The van der Waals surface area contributed by atoms with Crippen molar-refractivity contribution in [2.75, 3.05) is 20.8 Å². The number of methoxy groups -OCH3 is 2. The molecule has 2 heterocycles. The highest BCUT2D eigenvalue weighted by molar-refractivity contribution is 14.1. The molecule has 1 aromatic heterocycles. The first-order valence-electron chi connectivity index (χ1n) is 16.0. The number of nitrogens with zero attached hydrogens (tertiary/aromatic N) is 2. The average molecular weight is 797 g/mol. The Hall–Kier alpha value is -4.94. The highest BCUT2D eigenvalue weighted by Gasteiger charge is 2.36. The van der Waals surface area contributed by atoms with Crippen molar-refractivity contribution in [1.82, 2.24) is 4.57 Å². The third-order valence-electron chi connectivity index (χ3n) is 8.74. The molecule has 0 amide bonds. The second kappa shape index (κ2) is 14.1. The molecule has 0 saturated carbocycles. The molecule has 0 unspecified atom stereocenters. The van der Waals surface area contributed by atoms with Gasteiger partial charge in [-0.15, -0.1) is 0 Å². The fourth-order valence-electron chi connectivity index (χ4n) is 6.48. The molecule has 252 valence electrons. The first-order chi connectivity index (χ1) is 24.3. The number of allylic oxidation sites excluding steroid dienone is 1. The molecular weight excluding hydrogens is 763 g/mol. The van der Waals surface area contributed by atoms with Crippen LogP contribution in [-0.4, -0.2) is 31.4 Å². The van der Waals surface area contributed by atoms with Gasteiger partial charge in [0.05, 0.1) is 40.2 Å². The molecular formula is C40H33IN2O6S. The number of rotatable bonds is 9. The average Bonchev–Trinajstić information content (AvgIpc) is 3.43. The summed E-state index contributed by atoms with van der Waals surface area (Å²) < 4.78 is 26.4. The van der Waals surface area contributed by atoms with E-state index in [-0.39, 0.29) is 12.2 Å². The van der Waals surface area contributed by atoms with Crippen LogP contribution in [0.3, 0.4) is 0 Å². The quantitative estimate of drug-likeness (QED) is 0.113. The maximum Gasteiger partial charge on any atom is 0.338 e. The third kappa shape index (κ3) is 6.07. The Morgan fingerprint density at radius 1 is 0.920 bits per heavy atom. The molecule has 0 N–H and O–H groups in total. The number of thiazole rings is 1. The number of esters is 1. The van der Waals surface area contributed by atoms with E-state index in [1.54, 1.807) is 32.6 Å². The maximum absolute atomic E-state index is 14.5. The molecule has 0 bridgehead atoms. The molecule has 7 rings (SSSR count). The number of benzene rings is 5.